The molecule has 0 aliphatic rings. The molecule has 12 nitrogen and oxygen atoms in total. The van der Waals surface area contributed by atoms with Gasteiger partial charge in [0.2, 0.25) is 5.91 Å². The van der Waals surface area contributed by atoms with Gasteiger partial charge in [0.25, 0.3) is 5.91 Å². The minimum atomic E-state index is -1.61. The van der Waals surface area contributed by atoms with Gasteiger partial charge in [-0.2, -0.15) is 0 Å². The third kappa shape index (κ3) is 10.7. The highest BCUT2D eigenvalue weighted by atomic mass is 19.1. The number of hydrogen-bond acceptors (Lipinski definition) is 7. The van der Waals surface area contributed by atoms with E-state index in [-0.39, 0.29) is 32.0 Å². The predicted octanol–water partition coefficient (Wildman–Crippen LogP) is 4.41. The fraction of sp³-hybridized carbons (Fsp3) is 0.387. The summed E-state index contributed by atoms with van der Waals surface area (Å²) in [5.41, 5.74) is -1.82. The summed E-state index contributed by atoms with van der Waals surface area (Å²) >= 11 is 0. The highest BCUT2D eigenvalue weighted by Gasteiger charge is 2.35. The zero-order valence-electron chi connectivity index (χ0n) is 24.9. The van der Waals surface area contributed by atoms with E-state index >= 15 is 0 Å². The molecule has 2 aromatic carbocycles. The number of aliphatic carboxylic acids is 1. The Morgan fingerprint density at radius 2 is 1.69 bits per heavy atom. The van der Waals surface area contributed by atoms with Crippen LogP contribution in [0, 0.1) is 11.6 Å². The largest absolute Gasteiger partial charge is 0.479 e. The van der Waals surface area contributed by atoms with Crippen LogP contribution in [0.5, 0.6) is 0 Å². The van der Waals surface area contributed by atoms with Gasteiger partial charge in [-0.25, -0.2) is 23.4 Å². The number of nitrogens with zero attached hydrogens (tertiary/aromatic N) is 2. The van der Waals surface area contributed by atoms with Crippen LogP contribution in [-0.2, 0) is 30.5 Å². The molecule has 2 atom stereocenters. The van der Waals surface area contributed by atoms with Gasteiger partial charge in [-0.1, -0.05) is 43.8 Å². The molecular formula is C31H39F2N5O7. The maximum absolute atomic E-state index is 14.4. The van der Waals surface area contributed by atoms with E-state index < -0.39 is 58.7 Å². The molecule has 4 N–H and O–H groups in total. The number of amides is 3. The monoisotopic (exact) mass is 631 g/mol. The van der Waals surface area contributed by atoms with Crippen LogP contribution in [0.2, 0.25) is 0 Å². The van der Waals surface area contributed by atoms with Crippen LogP contribution in [0.3, 0.4) is 0 Å². The number of carbonyl (C=O) groups excluding carboxylic acids is 3. The SMILES string of the molecule is C.CC(C)(C)OC(=O)NC(C)(C)C(=O)N[C@H](COCc1ccccc1)C(=O)Nc1cn(C(C(=O)O)c2ccc(F)cc2F)cn1. The molecule has 14 heteroatoms. The van der Waals surface area contributed by atoms with Crippen molar-refractivity contribution in [2.24, 2.45) is 0 Å². The molecule has 1 aromatic heterocycles. The smallest absolute Gasteiger partial charge is 0.408 e. The lowest BCUT2D eigenvalue weighted by molar-refractivity contribution is -0.139. The van der Waals surface area contributed by atoms with E-state index in [1.54, 1.807) is 20.8 Å². The topological polar surface area (TPSA) is 161 Å². The van der Waals surface area contributed by atoms with Crippen LogP contribution in [0.4, 0.5) is 19.4 Å². The Bertz CT molecular complexity index is 1490. The van der Waals surface area contributed by atoms with Gasteiger partial charge in [-0.15, -0.1) is 0 Å². The van der Waals surface area contributed by atoms with Crippen LogP contribution in [0.15, 0.2) is 61.1 Å². The summed E-state index contributed by atoms with van der Waals surface area (Å²) in [6.07, 6.45) is 1.37. The van der Waals surface area contributed by atoms with E-state index in [2.05, 4.69) is 20.9 Å². The Labute approximate surface area is 260 Å². The first kappa shape index (κ1) is 36.3. The van der Waals surface area contributed by atoms with Crippen molar-refractivity contribution in [1.29, 1.82) is 0 Å². The quantitative estimate of drug-likeness (QED) is 0.229. The van der Waals surface area contributed by atoms with E-state index in [1.165, 1.54) is 13.8 Å². The van der Waals surface area contributed by atoms with Gasteiger partial charge in [-0.3, -0.25) is 9.59 Å². The fourth-order valence-corrected chi connectivity index (χ4v) is 3.91. The molecule has 0 spiro atoms. The first-order valence-corrected chi connectivity index (χ1v) is 13.5. The average Bonchev–Trinajstić information content (AvgIpc) is 3.36. The molecular weight excluding hydrogens is 592 g/mol. The maximum Gasteiger partial charge on any atom is 0.408 e. The van der Waals surface area contributed by atoms with Gasteiger partial charge >= 0.3 is 12.1 Å². The third-order valence-electron chi connectivity index (χ3n) is 6.04. The molecule has 3 aromatic rings. The van der Waals surface area contributed by atoms with E-state index in [0.29, 0.717) is 6.07 Å². The van der Waals surface area contributed by atoms with Crippen molar-refractivity contribution in [1.82, 2.24) is 20.2 Å². The van der Waals surface area contributed by atoms with Crippen molar-refractivity contribution in [3.8, 4) is 0 Å². The molecule has 0 aliphatic heterocycles. The third-order valence-corrected chi connectivity index (χ3v) is 6.04. The normalized spacial score (nSPS) is 12.7. The lowest BCUT2D eigenvalue weighted by Gasteiger charge is -2.29. The van der Waals surface area contributed by atoms with Gasteiger partial charge in [0.05, 0.1) is 19.5 Å². The first-order valence-electron chi connectivity index (χ1n) is 13.5. The van der Waals surface area contributed by atoms with Crippen LogP contribution in [-0.4, -0.2) is 62.3 Å². The molecule has 3 amide bonds. The number of hydrogen-bond donors (Lipinski definition) is 4. The maximum atomic E-state index is 14.4. The van der Waals surface area contributed by atoms with Gasteiger partial charge in [0.1, 0.15) is 28.8 Å². The molecule has 45 heavy (non-hydrogen) atoms. The van der Waals surface area contributed by atoms with Crippen molar-refractivity contribution in [3.05, 3.63) is 83.8 Å². The second-order valence-corrected chi connectivity index (χ2v) is 11.4. The molecule has 0 saturated heterocycles. The minimum absolute atomic E-state index is 0. The summed E-state index contributed by atoms with van der Waals surface area (Å²) in [4.78, 5) is 54.8. The number of rotatable bonds is 12. The number of halogens is 2. The van der Waals surface area contributed by atoms with Crippen molar-refractivity contribution < 1.29 is 42.5 Å². The number of carbonyl (C=O) groups is 4. The van der Waals surface area contributed by atoms with Crippen molar-refractivity contribution in [3.63, 3.8) is 0 Å². The van der Waals surface area contributed by atoms with E-state index in [9.17, 15) is 33.1 Å². The van der Waals surface area contributed by atoms with E-state index in [0.717, 1.165) is 34.8 Å². The molecule has 0 radical (unpaired) electrons. The van der Waals surface area contributed by atoms with Crippen molar-refractivity contribution in [2.45, 2.75) is 71.9 Å². The van der Waals surface area contributed by atoms with Crippen molar-refractivity contribution in [2.75, 3.05) is 11.9 Å². The van der Waals surface area contributed by atoms with Crippen LogP contribution >= 0.6 is 0 Å². The van der Waals surface area contributed by atoms with Crippen LogP contribution in [0.1, 0.15) is 59.2 Å². The highest BCUT2D eigenvalue weighted by Crippen LogP contribution is 2.24. The summed E-state index contributed by atoms with van der Waals surface area (Å²) in [5, 5.41) is 17.3. The number of carboxylic acid groups (broad SMARTS) is 1. The zero-order valence-corrected chi connectivity index (χ0v) is 24.9. The number of alkyl carbamates (subject to hydrolysis) is 1. The lowest BCUT2D eigenvalue weighted by Crippen LogP contribution is -2.59. The van der Waals surface area contributed by atoms with E-state index in [1.807, 2.05) is 30.3 Å². The average molecular weight is 632 g/mol. The first-order chi connectivity index (χ1) is 20.6. The Hall–Kier alpha value is -4.85. The second-order valence-electron chi connectivity index (χ2n) is 11.4. The Morgan fingerprint density at radius 1 is 1.02 bits per heavy atom. The molecule has 0 fully saturated rings. The molecule has 0 aliphatic carbocycles. The van der Waals surface area contributed by atoms with Gasteiger partial charge in [-0.05, 0) is 46.2 Å². The molecule has 0 bridgehead atoms. The van der Waals surface area contributed by atoms with Gasteiger partial charge < -0.3 is 35.1 Å². The molecule has 0 saturated carbocycles. The summed E-state index contributed by atoms with van der Waals surface area (Å²) in [7, 11) is 0. The van der Waals surface area contributed by atoms with Crippen LogP contribution < -0.4 is 16.0 Å². The summed E-state index contributed by atoms with van der Waals surface area (Å²) < 4.78 is 39.7. The summed E-state index contributed by atoms with van der Waals surface area (Å²) in [6, 6.07) is 8.68. The fourth-order valence-electron chi connectivity index (χ4n) is 3.91. The number of aromatic nitrogens is 2. The predicted molar refractivity (Wildman–Crippen MR) is 161 cm³/mol. The molecule has 3 rings (SSSR count). The second kappa shape index (κ2) is 15.2. The Kier molecular flexibility index (Phi) is 12.3. The Balaban J connectivity index is 0.00000705. The highest BCUT2D eigenvalue weighted by molar-refractivity contribution is 5.98. The summed E-state index contributed by atoms with van der Waals surface area (Å²) in [5.74, 6) is -5.01. The molecule has 244 valence electrons. The van der Waals surface area contributed by atoms with Gasteiger partial charge in [0.15, 0.2) is 11.9 Å². The number of carboxylic acids is 1. The standard InChI is InChI=1S/C30H35F2N5O7.CH4/c1-29(2,3)44-28(42)36-30(4,5)27(41)34-22(16-43-15-18-9-7-6-8-10-18)25(38)35-23-14-37(17-33-23)24(26(39)40)20-12-11-19(31)13-21(20)32;/h6-14,17,22,24H,15-16H2,1-5H3,(H,34,41)(H,35,38)(H,36,42)(H,39,40);1H4/t22-,24?;/m1./s1. The Morgan fingerprint density at radius 3 is 2.29 bits per heavy atom. The number of ether oxygens (including phenoxy) is 2. The number of nitrogens with one attached hydrogen (secondary N) is 3. The van der Waals surface area contributed by atoms with E-state index in [4.69, 9.17) is 9.47 Å². The van der Waals surface area contributed by atoms with Gasteiger partial charge in [0, 0.05) is 17.8 Å². The lowest BCUT2D eigenvalue weighted by atomic mass is 10.0. The minimum Gasteiger partial charge on any atom is -0.479 e. The van der Waals surface area contributed by atoms with Crippen molar-refractivity contribution >= 4 is 29.7 Å². The zero-order chi connectivity index (χ0) is 32.7. The molecule has 1 unspecified atom stereocenters. The van der Waals surface area contributed by atoms with Crippen LogP contribution in [0.25, 0.3) is 0 Å². The number of anilines is 1. The number of imidazole rings is 1. The number of benzene rings is 2. The summed E-state index contributed by atoms with van der Waals surface area (Å²) in [6.45, 7) is 7.69. The molecule has 1 heterocycles.